The van der Waals surface area contributed by atoms with E-state index in [1.54, 1.807) is 42.3 Å². The fourth-order valence-corrected chi connectivity index (χ4v) is 6.89. The Bertz CT molecular complexity index is 799. The van der Waals surface area contributed by atoms with Gasteiger partial charge in [-0.2, -0.15) is 0 Å². The van der Waals surface area contributed by atoms with Gasteiger partial charge in [-0.1, -0.05) is 0 Å². The SMILES string of the molecule is CC(C)(C)OC(=O)N1CCC[C@H]1C(=O)N1CCCC[C@@]12C[C@H]1SC[C@H](C(N)=O)N1C2=O. The highest BCUT2D eigenvalue weighted by Crippen LogP contribution is 2.48. The van der Waals surface area contributed by atoms with Gasteiger partial charge in [-0.3, -0.25) is 19.3 Å². The lowest BCUT2D eigenvalue weighted by Gasteiger charge is -2.45. The number of ether oxygens (including phenoxy) is 1. The Morgan fingerprint density at radius 3 is 2.55 bits per heavy atom. The average molecular weight is 453 g/mol. The van der Waals surface area contributed by atoms with Crippen LogP contribution in [0.1, 0.15) is 59.3 Å². The zero-order valence-electron chi connectivity index (χ0n) is 18.5. The Hall–Kier alpha value is -1.97. The first-order valence-corrected chi connectivity index (χ1v) is 12.1. The van der Waals surface area contributed by atoms with Gasteiger partial charge >= 0.3 is 6.09 Å². The van der Waals surface area contributed by atoms with E-state index in [-0.39, 0.29) is 17.2 Å². The molecule has 0 aromatic heterocycles. The summed E-state index contributed by atoms with van der Waals surface area (Å²) in [5.41, 5.74) is 3.96. The standard InChI is InChI=1S/C21H32N4O5S/c1-20(2,3)30-19(29)23-9-6-7-13(23)17(27)24-10-5-4-8-21(24)11-15-25(18(21)28)14(12-31-15)16(22)26/h13-15H,4-12H2,1-3H3,(H2,22,26)/t13-,14+,15+,21-/m0/s1. The summed E-state index contributed by atoms with van der Waals surface area (Å²) in [7, 11) is 0. The number of hydrogen-bond donors (Lipinski definition) is 1. The van der Waals surface area contributed by atoms with E-state index in [1.165, 1.54) is 4.90 Å². The van der Waals surface area contributed by atoms with Crippen LogP contribution < -0.4 is 5.73 Å². The van der Waals surface area contributed by atoms with E-state index in [2.05, 4.69) is 0 Å². The monoisotopic (exact) mass is 452 g/mol. The number of thioether (sulfide) groups is 1. The van der Waals surface area contributed by atoms with Crippen molar-refractivity contribution < 1.29 is 23.9 Å². The van der Waals surface area contributed by atoms with Crippen LogP contribution in [0.25, 0.3) is 0 Å². The van der Waals surface area contributed by atoms with Crippen molar-refractivity contribution in [1.29, 1.82) is 0 Å². The second-order valence-electron chi connectivity index (χ2n) is 9.93. The van der Waals surface area contributed by atoms with Crippen molar-refractivity contribution in [3.8, 4) is 0 Å². The van der Waals surface area contributed by atoms with Crippen molar-refractivity contribution in [2.75, 3.05) is 18.8 Å². The van der Waals surface area contributed by atoms with Crippen LogP contribution in [0.2, 0.25) is 0 Å². The molecule has 0 aromatic carbocycles. The number of nitrogens with zero attached hydrogens (tertiary/aromatic N) is 3. The molecule has 4 heterocycles. The van der Waals surface area contributed by atoms with E-state index in [9.17, 15) is 19.2 Å². The Morgan fingerprint density at radius 2 is 1.87 bits per heavy atom. The summed E-state index contributed by atoms with van der Waals surface area (Å²) < 4.78 is 5.51. The molecule has 4 fully saturated rings. The number of piperidine rings is 1. The van der Waals surface area contributed by atoms with Gasteiger partial charge in [-0.25, -0.2) is 4.79 Å². The van der Waals surface area contributed by atoms with Crippen LogP contribution >= 0.6 is 11.8 Å². The molecular formula is C21H32N4O5S. The van der Waals surface area contributed by atoms with E-state index in [0.717, 1.165) is 19.3 Å². The number of amides is 4. The number of primary amides is 1. The number of fused-ring (bicyclic) bond motifs is 1. The fraction of sp³-hybridized carbons (Fsp3) is 0.810. The van der Waals surface area contributed by atoms with Crippen molar-refractivity contribution >= 4 is 35.6 Å². The molecule has 4 atom stereocenters. The van der Waals surface area contributed by atoms with Crippen molar-refractivity contribution in [2.24, 2.45) is 5.73 Å². The van der Waals surface area contributed by atoms with Gasteiger partial charge in [-0.15, -0.1) is 11.8 Å². The van der Waals surface area contributed by atoms with Crippen molar-refractivity contribution in [3.63, 3.8) is 0 Å². The average Bonchev–Trinajstić information content (AvgIpc) is 3.37. The van der Waals surface area contributed by atoms with Crippen LogP contribution in [0.5, 0.6) is 0 Å². The maximum atomic E-state index is 13.7. The molecule has 4 aliphatic heterocycles. The van der Waals surface area contributed by atoms with E-state index in [4.69, 9.17) is 10.5 Å². The molecule has 4 amide bonds. The molecule has 4 rings (SSSR count). The van der Waals surface area contributed by atoms with Crippen LogP contribution in [-0.4, -0.2) is 86.0 Å². The number of carbonyl (C=O) groups is 4. The minimum absolute atomic E-state index is 0.135. The second kappa shape index (κ2) is 7.86. The maximum absolute atomic E-state index is 13.7. The lowest BCUT2D eigenvalue weighted by atomic mass is 9.84. The molecule has 9 nitrogen and oxygen atoms in total. The van der Waals surface area contributed by atoms with Crippen LogP contribution in [0.15, 0.2) is 0 Å². The van der Waals surface area contributed by atoms with Crippen molar-refractivity contribution in [2.45, 2.75) is 87.9 Å². The third-order valence-electron chi connectivity index (χ3n) is 6.74. The molecule has 0 unspecified atom stereocenters. The summed E-state index contributed by atoms with van der Waals surface area (Å²) in [6, 6.07) is -1.24. The largest absolute Gasteiger partial charge is 0.444 e. The number of carbonyl (C=O) groups excluding carboxylic acids is 4. The van der Waals surface area contributed by atoms with E-state index >= 15 is 0 Å². The summed E-state index contributed by atoms with van der Waals surface area (Å²) in [6.45, 7) is 6.35. The third-order valence-corrected chi connectivity index (χ3v) is 8.02. The molecule has 0 aliphatic carbocycles. The fourth-order valence-electron chi connectivity index (χ4n) is 5.36. The third kappa shape index (κ3) is 3.76. The van der Waals surface area contributed by atoms with Gasteiger partial charge in [0.25, 0.3) is 0 Å². The van der Waals surface area contributed by atoms with Gasteiger partial charge in [-0.05, 0) is 52.9 Å². The first-order valence-electron chi connectivity index (χ1n) is 11.1. The quantitative estimate of drug-likeness (QED) is 0.676. The zero-order valence-corrected chi connectivity index (χ0v) is 19.3. The molecule has 2 N–H and O–H groups in total. The maximum Gasteiger partial charge on any atom is 0.410 e. The van der Waals surface area contributed by atoms with E-state index in [1.807, 2.05) is 0 Å². The summed E-state index contributed by atoms with van der Waals surface area (Å²) in [6.07, 6.45) is 3.54. The zero-order chi connectivity index (χ0) is 22.6. The molecule has 4 saturated heterocycles. The summed E-state index contributed by atoms with van der Waals surface area (Å²) in [5, 5.41) is -0.135. The first kappa shape index (κ1) is 22.2. The summed E-state index contributed by atoms with van der Waals surface area (Å²) in [5.74, 6) is -0.342. The van der Waals surface area contributed by atoms with Gasteiger partial charge in [0, 0.05) is 25.3 Å². The van der Waals surface area contributed by atoms with Crippen molar-refractivity contribution in [1.82, 2.24) is 14.7 Å². The molecule has 172 valence electrons. The molecule has 0 radical (unpaired) electrons. The highest BCUT2D eigenvalue weighted by molar-refractivity contribution is 8.00. The molecule has 10 heteroatoms. The number of likely N-dealkylation sites (tertiary alicyclic amines) is 2. The molecule has 0 aromatic rings. The Labute approximate surface area is 187 Å². The highest BCUT2D eigenvalue weighted by atomic mass is 32.2. The Balaban J connectivity index is 1.58. The lowest BCUT2D eigenvalue weighted by Crippen LogP contribution is -2.63. The van der Waals surface area contributed by atoms with Crippen LogP contribution in [0, 0.1) is 0 Å². The molecule has 0 saturated carbocycles. The minimum Gasteiger partial charge on any atom is -0.444 e. The summed E-state index contributed by atoms with van der Waals surface area (Å²) >= 11 is 1.56. The predicted molar refractivity (Wildman–Crippen MR) is 115 cm³/mol. The van der Waals surface area contributed by atoms with Crippen LogP contribution in [0.3, 0.4) is 0 Å². The normalized spacial score (nSPS) is 33.2. The summed E-state index contributed by atoms with van der Waals surface area (Å²) in [4.78, 5) is 56.8. The van der Waals surface area contributed by atoms with E-state index < -0.39 is 35.2 Å². The second-order valence-corrected chi connectivity index (χ2v) is 11.1. The molecule has 1 spiro atoms. The Kier molecular flexibility index (Phi) is 5.64. The molecular weight excluding hydrogens is 420 g/mol. The van der Waals surface area contributed by atoms with Crippen molar-refractivity contribution in [3.05, 3.63) is 0 Å². The van der Waals surface area contributed by atoms with Crippen LogP contribution in [-0.2, 0) is 19.1 Å². The molecule has 4 aliphatic rings. The highest BCUT2D eigenvalue weighted by Gasteiger charge is 2.62. The van der Waals surface area contributed by atoms with Gasteiger partial charge in [0.1, 0.15) is 23.2 Å². The number of hydrogen-bond acceptors (Lipinski definition) is 6. The topological polar surface area (TPSA) is 113 Å². The van der Waals surface area contributed by atoms with E-state index in [0.29, 0.717) is 38.1 Å². The lowest BCUT2D eigenvalue weighted by molar-refractivity contribution is -0.155. The molecule has 31 heavy (non-hydrogen) atoms. The van der Waals surface area contributed by atoms with Gasteiger partial charge in [0.05, 0.1) is 5.37 Å². The van der Waals surface area contributed by atoms with Gasteiger partial charge in [0.2, 0.25) is 17.7 Å². The first-order chi connectivity index (χ1) is 14.5. The van der Waals surface area contributed by atoms with Gasteiger partial charge < -0.3 is 20.3 Å². The minimum atomic E-state index is -0.941. The van der Waals surface area contributed by atoms with Gasteiger partial charge in [0.15, 0.2) is 0 Å². The molecule has 0 bridgehead atoms. The number of rotatable bonds is 2. The Morgan fingerprint density at radius 1 is 1.13 bits per heavy atom. The smallest absolute Gasteiger partial charge is 0.410 e. The number of nitrogens with two attached hydrogens (primary N) is 1. The predicted octanol–water partition coefficient (Wildman–Crippen LogP) is 1.30. The van der Waals surface area contributed by atoms with Crippen LogP contribution in [0.4, 0.5) is 4.79 Å².